The summed E-state index contributed by atoms with van der Waals surface area (Å²) in [5.74, 6) is -0.509. The molecule has 0 aromatic carbocycles. The number of methoxy groups -OCH3 is 1. The van der Waals surface area contributed by atoms with Gasteiger partial charge >= 0.3 is 18.2 Å². The quantitative estimate of drug-likeness (QED) is 0.200. The van der Waals surface area contributed by atoms with Crippen LogP contribution in [0.1, 0.15) is 109 Å². The third-order valence-corrected chi connectivity index (χ3v) is 6.02. The molecule has 0 spiro atoms. The summed E-state index contributed by atoms with van der Waals surface area (Å²) in [7, 11) is 1.29. The lowest BCUT2D eigenvalue weighted by Crippen LogP contribution is -2.27. The van der Waals surface area contributed by atoms with E-state index in [0.717, 1.165) is 9.75 Å². The summed E-state index contributed by atoms with van der Waals surface area (Å²) < 4.78 is 21.0. The summed E-state index contributed by atoms with van der Waals surface area (Å²) >= 11 is 2.52. The van der Waals surface area contributed by atoms with Gasteiger partial charge < -0.3 is 14.2 Å². The van der Waals surface area contributed by atoms with Crippen LogP contribution >= 0.6 is 22.7 Å². The van der Waals surface area contributed by atoms with E-state index in [-0.39, 0.29) is 13.1 Å². The summed E-state index contributed by atoms with van der Waals surface area (Å²) in [6.07, 6.45) is 0.877. The van der Waals surface area contributed by atoms with Crippen LogP contribution in [0.25, 0.3) is 0 Å². The fraction of sp³-hybridized carbons (Fsp3) is 0.615. The Balaban J connectivity index is 0. The number of carbonyl (C=O) groups is 4. The van der Waals surface area contributed by atoms with Crippen molar-refractivity contribution >= 4 is 57.4 Å². The van der Waals surface area contributed by atoms with E-state index in [2.05, 4.69) is 25.3 Å². The van der Waals surface area contributed by atoms with Gasteiger partial charge in [-0.1, -0.05) is 35.1 Å². The van der Waals surface area contributed by atoms with Crippen molar-refractivity contribution in [2.45, 2.75) is 101 Å². The van der Waals surface area contributed by atoms with E-state index in [9.17, 15) is 19.2 Å². The molecular weight excluding hydrogens is 544 g/mol. The van der Waals surface area contributed by atoms with Crippen LogP contribution in [-0.2, 0) is 27.1 Å². The number of anilines is 2. The van der Waals surface area contributed by atoms with Crippen molar-refractivity contribution in [2.24, 2.45) is 0 Å². The van der Waals surface area contributed by atoms with Gasteiger partial charge in [0.1, 0.15) is 16.9 Å². The molecule has 2 aromatic heterocycles. The lowest BCUT2D eigenvalue weighted by Gasteiger charge is -2.18. The molecule has 0 aliphatic rings. The molecule has 2 amide bonds. The molecule has 0 bridgehead atoms. The zero-order valence-corrected chi connectivity index (χ0v) is 25.4. The van der Waals surface area contributed by atoms with Gasteiger partial charge in [-0.25, -0.2) is 24.4 Å². The number of rotatable bonds is 6. The Labute approximate surface area is 241 Å². The van der Waals surface area contributed by atoms with Crippen LogP contribution in [0, 0.1) is 0 Å². The number of amides is 2. The van der Waals surface area contributed by atoms with E-state index in [1.165, 1.54) is 29.8 Å². The number of aromatic nitrogens is 2. The Morgan fingerprint density at radius 3 is 1.64 bits per heavy atom. The zero-order valence-electron chi connectivity index (χ0n) is 24.8. The number of esters is 1. The second kappa shape index (κ2) is 17.5. The highest BCUT2D eigenvalue weighted by molar-refractivity contribution is 7.16. The van der Waals surface area contributed by atoms with Crippen LogP contribution in [0.2, 0.25) is 0 Å². The smallest absolute Gasteiger partial charge is 0.413 e. The first-order chi connectivity index (χ1) is 18.0. The first-order valence-corrected chi connectivity index (χ1v) is 13.5. The first-order valence-electron chi connectivity index (χ1n) is 12.6. The number of carbonyl (C=O) groups excluding carboxylic acids is 4. The number of aryl methyl sites for hydroxylation is 2. The van der Waals surface area contributed by atoms with E-state index in [1.54, 1.807) is 48.5 Å². The van der Waals surface area contributed by atoms with Gasteiger partial charge in [0, 0.05) is 11.1 Å². The van der Waals surface area contributed by atoms with Gasteiger partial charge in [-0.3, -0.25) is 15.4 Å². The lowest BCUT2D eigenvalue weighted by molar-refractivity contribution is 0.0588. The van der Waals surface area contributed by atoms with Crippen LogP contribution in [0.4, 0.5) is 19.9 Å². The number of aldehydes is 1. The Morgan fingerprint density at radius 2 is 1.31 bits per heavy atom. The number of thiazole rings is 2. The van der Waals surface area contributed by atoms with Crippen LogP contribution in [-0.4, -0.2) is 52.7 Å². The van der Waals surface area contributed by atoms with Gasteiger partial charge in [0.25, 0.3) is 0 Å². The van der Waals surface area contributed by atoms with Crippen molar-refractivity contribution in [3.05, 3.63) is 21.1 Å². The molecule has 222 valence electrons. The molecule has 11 nitrogen and oxygen atoms in total. The van der Waals surface area contributed by atoms with Crippen molar-refractivity contribution in [1.82, 2.24) is 9.97 Å². The van der Waals surface area contributed by atoms with Crippen molar-refractivity contribution in [2.75, 3.05) is 17.7 Å². The maximum Gasteiger partial charge on any atom is 0.413 e. The molecule has 0 fully saturated rings. The van der Waals surface area contributed by atoms with E-state index >= 15 is 0 Å². The molecule has 0 saturated heterocycles. The van der Waals surface area contributed by atoms with Gasteiger partial charge in [0.2, 0.25) is 0 Å². The fourth-order valence-electron chi connectivity index (χ4n) is 2.45. The molecular formula is C26H44N4O7S2. The van der Waals surface area contributed by atoms with Crippen molar-refractivity contribution in [3.63, 3.8) is 0 Å². The first kappa shape index (κ1) is 35.9. The topological polar surface area (TPSA) is 146 Å². The number of ether oxygens (including phenoxy) is 3. The maximum absolute atomic E-state index is 11.6. The number of nitrogens with one attached hydrogen (secondary N) is 2. The lowest BCUT2D eigenvalue weighted by atomic mass is 10.2. The maximum atomic E-state index is 11.6. The van der Waals surface area contributed by atoms with E-state index in [4.69, 9.17) is 10.8 Å². The molecule has 2 heterocycles. The Morgan fingerprint density at radius 1 is 0.897 bits per heavy atom. The van der Waals surface area contributed by atoms with Crippen molar-refractivity contribution in [3.8, 4) is 0 Å². The molecule has 13 heteroatoms. The van der Waals surface area contributed by atoms with Crippen molar-refractivity contribution < 1.29 is 34.8 Å². The minimum atomic E-state index is -0.597. The summed E-state index contributed by atoms with van der Waals surface area (Å²) in [5, 5.41) is 5.74. The Bertz CT molecular complexity index is 1090. The second-order valence-electron chi connectivity index (χ2n) is 9.19. The minimum Gasteiger partial charge on any atom is -0.464 e. The Kier molecular flexibility index (Phi) is 16.1. The molecule has 0 aliphatic carbocycles. The fourth-order valence-corrected chi connectivity index (χ4v) is 4.17. The summed E-state index contributed by atoms with van der Waals surface area (Å²) in [6, 6.07) is 0. The Hall–Kier alpha value is -3.06. The molecule has 2 aromatic rings. The SMILES string of the molecule is C.CCc1sc(NC(=O)OC(C)(C)C)nc1C(=O)OC.CCc1sc(NC(=O)OC(C)(C)C)nc1C=O.[2H]CC. The van der Waals surface area contributed by atoms with Crippen LogP contribution in [0.5, 0.6) is 0 Å². The second-order valence-corrected chi connectivity index (χ2v) is 11.4. The highest BCUT2D eigenvalue weighted by atomic mass is 32.1. The van der Waals surface area contributed by atoms with Gasteiger partial charge in [-0.05, 0) is 54.4 Å². The molecule has 0 unspecified atom stereocenters. The minimum absolute atomic E-state index is 0. The van der Waals surface area contributed by atoms with E-state index < -0.39 is 29.4 Å². The molecule has 0 aliphatic heterocycles. The molecule has 2 rings (SSSR count). The standard InChI is InChI=1S/C12H18N2O4S.C11H16N2O3S.C2H6.CH4/c1-6-7-8(9(15)17-5)13-10(19-7)14-11(16)18-12(2,3)4;1-5-8-7(6-14)12-9(17-8)13-10(15)16-11(2,3)4;1-2;/h6H2,1-5H3,(H,13,14,16);6H,5H2,1-4H3,(H,12,13,15);1-2H3;1H4/i;;1D;. The van der Waals surface area contributed by atoms with Gasteiger partial charge in [-0.2, -0.15) is 0 Å². The van der Waals surface area contributed by atoms with Crippen LogP contribution < -0.4 is 10.6 Å². The van der Waals surface area contributed by atoms with Crippen LogP contribution in [0.3, 0.4) is 0 Å². The number of nitrogens with zero attached hydrogens (tertiary/aromatic N) is 2. The highest BCUT2D eigenvalue weighted by Crippen LogP contribution is 2.25. The third-order valence-electron chi connectivity index (χ3n) is 3.77. The monoisotopic (exact) mass is 589 g/mol. The van der Waals surface area contributed by atoms with Crippen molar-refractivity contribution in [1.29, 1.82) is 0 Å². The molecule has 0 atom stereocenters. The van der Waals surface area contributed by atoms with Crippen LogP contribution in [0.15, 0.2) is 0 Å². The van der Waals surface area contributed by atoms with E-state index in [1.807, 2.05) is 13.8 Å². The zero-order chi connectivity index (χ0) is 30.4. The van der Waals surface area contributed by atoms with Gasteiger partial charge in [-0.15, -0.1) is 22.7 Å². The molecule has 39 heavy (non-hydrogen) atoms. The van der Waals surface area contributed by atoms with Gasteiger partial charge in [0.05, 0.1) is 7.11 Å². The largest absolute Gasteiger partial charge is 0.464 e. The normalized spacial score (nSPS) is 10.7. The average molecular weight is 590 g/mol. The molecule has 2 N–H and O–H groups in total. The van der Waals surface area contributed by atoms with E-state index in [0.29, 0.717) is 42.0 Å². The number of hydrogen-bond donors (Lipinski definition) is 2. The summed E-state index contributed by atoms with van der Waals surface area (Å²) in [6.45, 7) is 16.8. The summed E-state index contributed by atoms with van der Waals surface area (Å²) in [5.41, 5.74) is -0.521. The predicted octanol–water partition coefficient (Wildman–Crippen LogP) is 7.37. The average Bonchev–Trinajstić information content (AvgIpc) is 3.39. The molecule has 0 radical (unpaired) electrons. The third kappa shape index (κ3) is 14.6. The highest BCUT2D eigenvalue weighted by Gasteiger charge is 2.21. The predicted molar refractivity (Wildman–Crippen MR) is 158 cm³/mol. The number of hydrogen-bond acceptors (Lipinski definition) is 11. The molecule has 0 saturated carbocycles. The summed E-state index contributed by atoms with van der Waals surface area (Å²) in [4.78, 5) is 55.0. The van der Waals surface area contributed by atoms with Gasteiger partial charge in [0.15, 0.2) is 22.2 Å².